The molecule has 0 unspecified atom stereocenters. The molecule has 92 valence electrons. The van der Waals surface area contributed by atoms with Crippen molar-refractivity contribution in [1.82, 2.24) is 4.90 Å². The summed E-state index contributed by atoms with van der Waals surface area (Å²) in [4.78, 5) is 13.3. The summed E-state index contributed by atoms with van der Waals surface area (Å²) in [6, 6.07) is -0.195. The molecule has 0 spiro atoms. The molecule has 1 saturated carbocycles. The highest BCUT2D eigenvalue weighted by Gasteiger charge is 2.32. The third kappa shape index (κ3) is 2.76. The van der Waals surface area contributed by atoms with Crippen molar-refractivity contribution in [2.45, 2.75) is 51.5 Å². The van der Waals surface area contributed by atoms with E-state index < -0.39 is 5.97 Å². The normalized spacial score (nSPS) is 36.4. The number of likely N-dealkylation sites (tertiary alicyclic amines) is 1. The maximum atomic E-state index is 11.1. The fourth-order valence-electron chi connectivity index (χ4n) is 3.17. The zero-order valence-electron chi connectivity index (χ0n) is 10.2. The Bertz CT molecular complexity index is 246. The Balaban J connectivity index is 1.82. The van der Waals surface area contributed by atoms with E-state index in [-0.39, 0.29) is 6.04 Å². The molecule has 0 radical (unpaired) electrons. The lowest BCUT2D eigenvalue weighted by atomic mass is 9.83. The van der Waals surface area contributed by atoms with Crippen molar-refractivity contribution in [1.29, 1.82) is 0 Å². The highest BCUT2D eigenvalue weighted by molar-refractivity contribution is 5.73. The molecule has 2 fully saturated rings. The highest BCUT2D eigenvalue weighted by atomic mass is 16.4. The summed E-state index contributed by atoms with van der Waals surface area (Å²) in [5, 5.41) is 9.11. The molecular formula is C13H23NO2. The largest absolute Gasteiger partial charge is 0.480 e. The van der Waals surface area contributed by atoms with E-state index in [4.69, 9.17) is 5.11 Å². The quantitative estimate of drug-likeness (QED) is 0.801. The van der Waals surface area contributed by atoms with Crippen LogP contribution in [0.1, 0.15) is 45.4 Å². The van der Waals surface area contributed by atoms with Gasteiger partial charge in [0.15, 0.2) is 0 Å². The SMILES string of the molecule is CC1CCC(CN2CCC[C@@H]2C(=O)O)CC1. The number of hydrogen-bond donors (Lipinski definition) is 1. The van der Waals surface area contributed by atoms with Gasteiger partial charge < -0.3 is 5.11 Å². The summed E-state index contributed by atoms with van der Waals surface area (Å²) < 4.78 is 0. The summed E-state index contributed by atoms with van der Waals surface area (Å²) in [5.74, 6) is 1.00. The molecule has 2 rings (SSSR count). The van der Waals surface area contributed by atoms with Gasteiger partial charge in [-0.15, -0.1) is 0 Å². The Hall–Kier alpha value is -0.570. The number of aliphatic carboxylic acids is 1. The molecule has 0 aromatic rings. The maximum absolute atomic E-state index is 11.1. The van der Waals surface area contributed by atoms with E-state index in [1.165, 1.54) is 25.7 Å². The zero-order chi connectivity index (χ0) is 11.5. The zero-order valence-corrected chi connectivity index (χ0v) is 10.2. The van der Waals surface area contributed by atoms with Gasteiger partial charge in [0.25, 0.3) is 0 Å². The van der Waals surface area contributed by atoms with Crippen molar-refractivity contribution in [3.05, 3.63) is 0 Å². The van der Waals surface area contributed by atoms with Crippen LogP contribution in [0.15, 0.2) is 0 Å². The predicted molar refractivity (Wildman–Crippen MR) is 63.4 cm³/mol. The van der Waals surface area contributed by atoms with Crippen LogP contribution in [0.25, 0.3) is 0 Å². The fourth-order valence-corrected chi connectivity index (χ4v) is 3.17. The van der Waals surface area contributed by atoms with Gasteiger partial charge in [-0.2, -0.15) is 0 Å². The molecule has 1 heterocycles. The molecule has 3 heteroatoms. The van der Waals surface area contributed by atoms with Crippen molar-refractivity contribution in [2.24, 2.45) is 11.8 Å². The minimum atomic E-state index is -0.623. The van der Waals surface area contributed by atoms with Gasteiger partial charge in [0.1, 0.15) is 6.04 Å². The van der Waals surface area contributed by atoms with Crippen LogP contribution in [0.4, 0.5) is 0 Å². The average Bonchev–Trinajstić information content (AvgIpc) is 2.69. The molecule has 1 atom stereocenters. The van der Waals surface area contributed by atoms with Crippen LogP contribution in [-0.2, 0) is 4.79 Å². The maximum Gasteiger partial charge on any atom is 0.320 e. The van der Waals surface area contributed by atoms with Gasteiger partial charge in [0.05, 0.1) is 0 Å². The molecule has 1 aliphatic carbocycles. The van der Waals surface area contributed by atoms with Crippen molar-refractivity contribution in [3.63, 3.8) is 0 Å². The van der Waals surface area contributed by atoms with Gasteiger partial charge >= 0.3 is 5.97 Å². The van der Waals surface area contributed by atoms with Crippen molar-refractivity contribution in [3.8, 4) is 0 Å². The van der Waals surface area contributed by atoms with Gasteiger partial charge in [-0.3, -0.25) is 9.69 Å². The van der Waals surface area contributed by atoms with Crippen LogP contribution in [0.3, 0.4) is 0 Å². The molecule has 2 aliphatic rings. The van der Waals surface area contributed by atoms with Gasteiger partial charge in [-0.1, -0.05) is 19.8 Å². The first-order valence-corrected chi connectivity index (χ1v) is 6.63. The Labute approximate surface area is 97.8 Å². The number of carboxylic acid groups (broad SMARTS) is 1. The Morgan fingerprint density at radius 1 is 1.25 bits per heavy atom. The van der Waals surface area contributed by atoms with E-state index in [1.807, 2.05) is 0 Å². The second kappa shape index (κ2) is 5.17. The minimum absolute atomic E-state index is 0.195. The summed E-state index contributed by atoms with van der Waals surface area (Å²) in [7, 11) is 0. The summed E-state index contributed by atoms with van der Waals surface area (Å²) >= 11 is 0. The van der Waals surface area contributed by atoms with Crippen LogP contribution in [0.2, 0.25) is 0 Å². The minimum Gasteiger partial charge on any atom is -0.480 e. The Morgan fingerprint density at radius 3 is 2.56 bits per heavy atom. The number of nitrogens with zero attached hydrogens (tertiary/aromatic N) is 1. The number of carbonyl (C=O) groups is 1. The third-order valence-electron chi connectivity index (χ3n) is 4.28. The van der Waals surface area contributed by atoms with E-state index in [2.05, 4.69) is 11.8 Å². The molecule has 16 heavy (non-hydrogen) atoms. The molecule has 0 bridgehead atoms. The van der Waals surface area contributed by atoms with Crippen molar-refractivity contribution < 1.29 is 9.90 Å². The third-order valence-corrected chi connectivity index (χ3v) is 4.28. The number of carboxylic acids is 1. The van der Waals surface area contributed by atoms with Crippen molar-refractivity contribution in [2.75, 3.05) is 13.1 Å². The van der Waals surface area contributed by atoms with E-state index in [1.54, 1.807) is 0 Å². The second-order valence-corrected chi connectivity index (χ2v) is 5.62. The predicted octanol–water partition coefficient (Wildman–Crippen LogP) is 2.36. The number of hydrogen-bond acceptors (Lipinski definition) is 2. The Morgan fingerprint density at radius 2 is 1.94 bits per heavy atom. The van der Waals surface area contributed by atoms with E-state index in [9.17, 15) is 4.79 Å². The van der Waals surface area contributed by atoms with Crippen LogP contribution < -0.4 is 0 Å². The van der Waals surface area contributed by atoms with Crippen LogP contribution in [0, 0.1) is 11.8 Å². The monoisotopic (exact) mass is 225 g/mol. The first kappa shape index (κ1) is 11.9. The van der Waals surface area contributed by atoms with E-state index >= 15 is 0 Å². The van der Waals surface area contributed by atoms with Gasteiger partial charge in [-0.05, 0) is 44.1 Å². The summed E-state index contributed by atoms with van der Waals surface area (Å²) in [5.41, 5.74) is 0. The fraction of sp³-hybridized carbons (Fsp3) is 0.923. The van der Waals surface area contributed by atoms with Crippen LogP contribution >= 0.6 is 0 Å². The summed E-state index contributed by atoms with van der Waals surface area (Å²) in [6.45, 7) is 4.33. The standard InChI is InChI=1S/C13H23NO2/c1-10-4-6-11(7-5-10)9-14-8-2-3-12(14)13(15)16/h10-12H,2-9H2,1H3,(H,15,16)/t10?,11?,12-/m1/s1. The molecule has 1 aliphatic heterocycles. The van der Waals surface area contributed by atoms with Gasteiger partial charge in [-0.25, -0.2) is 0 Å². The highest BCUT2D eigenvalue weighted by Crippen LogP contribution is 2.30. The molecule has 0 aromatic heterocycles. The van der Waals surface area contributed by atoms with E-state index in [0.717, 1.165) is 37.8 Å². The second-order valence-electron chi connectivity index (χ2n) is 5.62. The van der Waals surface area contributed by atoms with Crippen molar-refractivity contribution >= 4 is 5.97 Å². The summed E-state index contributed by atoms with van der Waals surface area (Å²) in [6.07, 6.45) is 7.15. The molecule has 0 amide bonds. The lowest BCUT2D eigenvalue weighted by Crippen LogP contribution is -2.39. The van der Waals surface area contributed by atoms with E-state index in [0.29, 0.717) is 0 Å². The molecule has 0 aromatic carbocycles. The Kier molecular flexibility index (Phi) is 3.85. The molecule has 1 N–H and O–H groups in total. The molecular weight excluding hydrogens is 202 g/mol. The van der Waals surface area contributed by atoms with Crippen LogP contribution in [-0.4, -0.2) is 35.1 Å². The first-order valence-electron chi connectivity index (χ1n) is 6.63. The topological polar surface area (TPSA) is 40.5 Å². The smallest absolute Gasteiger partial charge is 0.320 e. The number of rotatable bonds is 3. The lowest BCUT2D eigenvalue weighted by molar-refractivity contribution is -0.142. The lowest BCUT2D eigenvalue weighted by Gasteiger charge is -2.31. The average molecular weight is 225 g/mol. The molecule has 3 nitrogen and oxygen atoms in total. The molecule has 1 saturated heterocycles. The first-order chi connectivity index (χ1) is 7.66. The van der Waals surface area contributed by atoms with Crippen LogP contribution in [0.5, 0.6) is 0 Å². The van der Waals surface area contributed by atoms with Gasteiger partial charge in [0, 0.05) is 6.54 Å². The van der Waals surface area contributed by atoms with Gasteiger partial charge in [0.2, 0.25) is 0 Å².